The summed E-state index contributed by atoms with van der Waals surface area (Å²) in [6.07, 6.45) is -2.96. The molecule has 0 saturated carbocycles. The third-order valence-electron chi connectivity index (χ3n) is 3.15. The topological polar surface area (TPSA) is 49.4 Å². The Balaban J connectivity index is 2.25. The van der Waals surface area contributed by atoms with Crippen molar-refractivity contribution in [2.24, 2.45) is 0 Å². The van der Waals surface area contributed by atoms with Crippen molar-refractivity contribution in [1.29, 1.82) is 0 Å². The molecule has 1 atom stereocenters. The van der Waals surface area contributed by atoms with Gasteiger partial charge in [0, 0.05) is 25.6 Å². The number of halogens is 3. The molecule has 0 bridgehead atoms. The lowest BCUT2D eigenvalue weighted by molar-refractivity contribution is -0.153. The van der Waals surface area contributed by atoms with Crippen LogP contribution in [0.5, 0.6) is 0 Å². The molecule has 1 aliphatic heterocycles. The molecule has 0 aromatic heterocycles. The predicted octanol–water partition coefficient (Wildman–Crippen LogP) is 1.85. The predicted molar refractivity (Wildman–Crippen MR) is 63.3 cm³/mol. The summed E-state index contributed by atoms with van der Waals surface area (Å²) in [5.41, 5.74) is 0. The number of carbonyl (C=O) groups is 2. The van der Waals surface area contributed by atoms with E-state index in [1.807, 2.05) is 6.92 Å². The number of rotatable bonds is 4. The van der Waals surface area contributed by atoms with Crippen LogP contribution in [-0.2, 0) is 9.59 Å². The summed E-state index contributed by atoms with van der Waals surface area (Å²) < 4.78 is 35.7. The first-order valence-corrected chi connectivity index (χ1v) is 6.42. The average Bonchev–Trinajstić information content (AvgIpc) is 2.26. The fourth-order valence-corrected chi connectivity index (χ4v) is 2.17. The van der Waals surface area contributed by atoms with Crippen LogP contribution in [0.3, 0.4) is 0 Å². The van der Waals surface area contributed by atoms with Gasteiger partial charge in [-0.05, 0) is 26.2 Å². The van der Waals surface area contributed by atoms with Crippen LogP contribution >= 0.6 is 0 Å². The highest BCUT2D eigenvalue weighted by Gasteiger charge is 2.31. The molecule has 0 spiro atoms. The molecule has 1 saturated heterocycles. The van der Waals surface area contributed by atoms with Crippen LogP contribution in [0.15, 0.2) is 0 Å². The van der Waals surface area contributed by atoms with Crippen molar-refractivity contribution < 1.29 is 22.8 Å². The van der Waals surface area contributed by atoms with E-state index in [1.54, 1.807) is 4.90 Å². The van der Waals surface area contributed by atoms with Gasteiger partial charge in [-0.25, -0.2) is 0 Å². The summed E-state index contributed by atoms with van der Waals surface area (Å²) in [4.78, 5) is 24.5. The Bertz CT molecular complexity index is 331. The maximum Gasteiger partial charge on any atom is 0.397 e. The molecule has 110 valence electrons. The monoisotopic (exact) mass is 280 g/mol. The lowest BCUT2D eigenvalue weighted by atomic mass is 10.0. The van der Waals surface area contributed by atoms with Crippen molar-refractivity contribution in [3.63, 3.8) is 0 Å². The first-order valence-electron chi connectivity index (χ1n) is 6.42. The Morgan fingerprint density at radius 2 is 2.00 bits per heavy atom. The molecule has 1 rings (SSSR count). The maximum absolute atomic E-state index is 11.9. The molecule has 0 aliphatic carbocycles. The quantitative estimate of drug-likeness (QED) is 0.854. The lowest BCUT2D eigenvalue weighted by Crippen LogP contribution is -2.43. The molecule has 0 aromatic rings. The summed E-state index contributed by atoms with van der Waals surface area (Å²) >= 11 is 0. The minimum atomic E-state index is -4.50. The summed E-state index contributed by atoms with van der Waals surface area (Å²) in [6.45, 7) is 2.60. The van der Waals surface area contributed by atoms with Crippen LogP contribution in [-0.4, -0.2) is 42.0 Å². The molecule has 1 aliphatic rings. The first kappa shape index (κ1) is 15.8. The van der Waals surface area contributed by atoms with Gasteiger partial charge in [0.15, 0.2) is 0 Å². The van der Waals surface area contributed by atoms with E-state index in [9.17, 15) is 22.8 Å². The van der Waals surface area contributed by atoms with Gasteiger partial charge in [-0.3, -0.25) is 9.59 Å². The van der Waals surface area contributed by atoms with Gasteiger partial charge in [-0.2, -0.15) is 13.2 Å². The standard InChI is InChI=1S/C12H19F3N2O2/c1-9-4-2-3-7-17(9)11(19)5-6-16-10(18)8-12(13,14)15/h9H,2-8H2,1H3,(H,16,18)/t9-/m0/s1. The summed E-state index contributed by atoms with van der Waals surface area (Å²) in [6, 6.07) is 0.173. The van der Waals surface area contributed by atoms with E-state index in [4.69, 9.17) is 0 Å². The van der Waals surface area contributed by atoms with E-state index >= 15 is 0 Å². The van der Waals surface area contributed by atoms with Gasteiger partial charge in [-0.15, -0.1) is 0 Å². The molecule has 0 aromatic carbocycles. The molecule has 19 heavy (non-hydrogen) atoms. The van der Waals surface area contributed by atoms with Gasteiger partial charge in [0.05, 0.1) is 0 Å². The molecule has 2 amide bonds. The highest BCUT2D eigenvalue weighted by atomic mass is 19.4. The van der Waals surface area contributed by atoms with Gasteiger partial charge in [0.1, 0.15) is 6.42 Å². The number of hydrogen-bond acceptors (Lipinski definition) is 2. The molecule has 1 N–H and O–H groups in total. The van der Waals surface area contributed by atoms with Crippen LogP contribution in [0.4, 0.5) is 13.2 Å². The van der Waals surface area contributed by atoms with Crippen LogP contribution in [0.25, 0.3) is 0 Å². The van der Waals surface area contributed by atoms with E-state index in [2.05, 4.69) is 5.32 Å². The van der Waals surface area contributed by atoms with Crippen molar-refractivity contribution in [1.82, 2.24) is 10.2 Å². The minimum absolute atomic E-state index is 0.0447. The Kier molecular flexibility index (Phi) is 5.62. The molecule has 1 fully saturated rings. The fraction of sp³-hybridized carbons (Fsp3) is 0.833. The molecular weight excluding hydrogens is 261 g/mol. The SMILES string of the molecule is C[C@H]1CCCCN1C(=O)CCNC(=O)CC(F)(F)F. The minimum Gasteiger partial charge on any atom is -0.355 e. The highest BCUT2D eigenvalue weighted by molar-refractivity contribution is 5.79. The number of hydrogen-bond donors (Lipinski definition) is 1. The molecule has 4 nitrogen and oxygen atoms in total. The number of piperidine rings is 1. The van der Waals surface area contributed by atoms with Crippen LogP contribution in [0.2, 0.25) is 0 Å². The van der Waals surface area contributed by atoms with Crippen LogP contribution < -0.4 is 5.32 Å². The van der Waals surface area contributed by atoms with Crippen LogP contribution in [0.1, 0.15) is 39.0 Å². The van der Waals surface area contributed by atoms with E-state index in [0.717, 1.165) is 19.3 Å². The molecule has 0 unspecified atom stereocenters. The Morgan fingerprint density at radius 1 is 1.32 bits per heavy atom. The van der Waals surface area contributed by atoms with E-state index in [0.29, 0.717) is 6.54 Å². The van der Waals surface area contributed by atoms with E-state index < -0.39 is 18.5 Å². The number of nitrogens with zero attached hydrogens (tertiary/aromatic N) is 1. The number of alkyl halides is 3. The zero-order valence-electron chi connectivity index (χ0n) is 10.9. The van der Waals surface area contributed by atoms with Gasteiger partial charge in [0.2, 0.25) is 11.8 Å². The maximum atomic E-state index is 11.9. The number of nitrogens with one attached hydrogen (secondary N) is 1. The van der Waals surface area contributed by atoms with Crippen molar-refractivity contribution in [2.45, 2.75) is 51.2 Å². The second-order valence-corrected chi connectivity index (χ2v) is 4.82. The summed E-state index contributed by atoms with van der Waals surface area (Å²) in [7, 11) is 0. The summed E-state index contributed by atoms with van der Waals surface area (Å²) in [5, 5.41) is 2.12. The third-order valence-corrected chi connectivity index (χ3v) is 3.15. The first-order chi connectivity index (χ1) is 8.79. The second kappa shape index (κ2) is 6.77. The van der Waals surface area contributed by atoms with Crippen molar-refractivity contribution in [2.75, 3.05) is 13.1 Å². The number of likely N-dealkylation sites (tertiary alicyclic amines) is 1. The van der Waals surface area contributed by atoms with Crippen molar-refractivity contribution in [3.8, 4) is 0 Å². The normalized spacial score (nSPS) is 20.2. The Labute approximate surface area is 110 Å². The molecular formula is C12H19F3N2O2. The van der Waals surface area contributed by atoms with Gasteiger partial charge < -0.3 is 10.2 Å². The molecule has 7 heteroatoms. The fourth-order valence-electron chi connectivity index (χ4n) is 2.17. The summed E-state index contributed by atoms with van der Waals surface area (Å²) in [5.74, 6) is -1.20. The van der Waals surface area contributed by atoms with Crippen LogP contribution in [0, 0.1) is 0 Å². The lowest BCUT2D eigenvalue weighted by Gasteiger charge is -2.33. The molecule has 0 radical (unpaired) electrons. The molecule has 1 heterocycles. The smallest absolute Gasteiger partial charge is 0.355 e. The average molecular weight is 280 g/mol. The van der Waals surface area contributed by atoms with Gasteiger partial charge in [-0.1, -0.05) is 0 Å². The second-order valence-electron chi connectivity index (χ2n) is 4.82. The van der Waals surface area contributed by atoms with Crippen molar-refractivity contribution >= 4 is 11.8 Å². The van der Waals surface area contributed by atoms with E-state index in [1.165, 1.54) is 0 Å². The Hall–Kier alpha value is -1.27. The van der Waals surface area contributed by atoms with Crippen molar-refractivity contribution in [3.05, 3.63) is 0 Å². The third kappa shape index (κ3) is 5.94. The number of amides is 2. The Morgan fingerprint density at radius 3 is 2.58 bits per heavy atom. The van der Waals surface area contributed by atoms with E-state index in [-0.39, 0.29) is 24.9 Å². The van der Waals surface area contributed by atoms with Gasteiger partial charge in [0.25, 0.3) is 0 Å². The number of carbonyl (C=O) groups excluding carboxylic acids is 2. The zero-order chi connectivity index (χ0) is 14.5. The highest BCUT2D eigenvalue weighted by Crippen LogP contribution is 2.19. The van der Waals surface area contributed by atoms with Gasteiger partial charge >= 0.3 is 6.18 Å². The largest absolute Gasteiger partial charge is 0.397 e. The zero-order valence-corrected chi connectivity index (χ0v) is 10.9.